The zero-order valence-corrected chi connectivity index (χ0v) is 12.0. The second-order valence-electron chi connectivity index (χ2n) is 2.61. The van der Waals surface area contributed by atoms with Gasteiger partial charge in [-0.1, -0.05) is 13.8 Å². The van der Waals surface area contributed by atoms with Crippen LogP contribution < -0.4 is 0 Å². The highest BCUT2D eigenvalue weighted by Crippen LogP contribution is 2.39. The van der Waals surface area contributed by atoms with Crippen molar-refractivity contribution in [3.8, 4) is 0 Å². The van der Waals surface area contributed by atoms with Crippen molar-refractivity contribution in [2.24, 2.45) is 0 Å². The van der Waals surface area contributed by atoms with Gasteiger partial charge in [0.1, 0.15) is 0 Å². The lowest BCUT2D eigenvalue weighted by Gasteiger charge is -2.12. The van der Waals surface area contributed by atoms with Crippen LogP contribution in [0.4, 0.5) is 0 Å². The SMILES string of the molecule is CC[Si](CC)(O[P+](=O)OC)O[P+](=O)OC. The smallest absolute Gasteiger partial charge is 0.135 e. The molecule has 0 aliphatic rings. The lowest BCUT2D eigenvalue weighted by atomic mass is 10.9. The van der Waals surface area contributed by atoms with Crippen molar-refractivity contribution in [1.82, 2.24) is 0 Å². The molecule has 0 heterocycles. The first-order valence-corrected chi connectivity index (χ1v) is 8.86. The van der Waals surface area contributed by atoms with Crippen LogP contribution in [0, 0.1) is 0 Å². The van der Waals surface area contributed by atoms with E-state index >= 15 is 0 Å². The van der Waals surface area contributed by atoms with E-state index in [9.17, 15) is 9.13 Å². The van der Waals surface area contributed by atoms with Crippen LogP contribution in [0.2, 0.25) is 12.1 Å². The van der Waals surface area contributed by atoms with Crippen LogP contribution in [0.3, 0.4) is 0 Å². The molecule has 0 aromatic rings. The molecule has 0 amide bonds. The van der Waals surface area contributed by atoms with Crippen molar-refractivity contribution in [3.63, 3.8) is 0 Å². The zero-order valence-electron chi connectivity index (χ0n) is 9.26. The van der Waals surface area contributed by atoms with Crippen LogP contribution >= 0.6 is 16.5 Å². The summed E-state index contributed by atoms with van der Waals surface area (Å²) < 4.78 is 41.7. The van der Waals surface area contributed by atoms with Crippen LogP contribution in [0.5, 0.6) is 0 Å². The van der Waals surface area contributed by atoms with Gasteiger partial charge in [0.25, 0.3) is 0 Å². The van der Waals surface area contributed by atoms with Gasteiger partial charge in [-0.25, -0.2) is 0 Å². The van der Waals surface area contributed by atoms with E-state index in [4.69, 9.17) is 8.43 Å². The summed E-state index contributed by atoms with van der Waals surface area (Å²) in [5.74, 6) is 0. The molecule has 0 fully saturated rings. The third-order valence-electron chi connectivity index (χ3n) is 1.86. The molecule has 0 saturated carbocycles. The first-order chi connectivity index (χ1) is 7.03. The standard InChI is InChI=1S/C6H16O6P2Si/c1-5-15(6-2,11-13(7)9-3)12-14(8)10-4/h5-6H2,1-4H3/q+2. The first-order valence-electron chi connectivity index (χ1n) is 4.44. The van der Waals surface area contributed by atoms with Crippen molar-refractivity contribution in [2.45, 2.75) is 25.9 Å². The van der Waals surface area contributed by atoms with Gasteiger partial charge in [0, 0.05) is 9.13 Å². The van der Waals surface area contributed by atoms with E-state index < -0.39 is 25.1 Å². The summed E-state index contributed by atoms with van der Waals surface area (Å²) in [6.45, 7) is 3.65. The van der Waals surface area contributed by atoms with E-state index in [0.717, 1.165) is 0 Å². The fraction of sp³-hybridized carbons (Fsp3) is 1.00. The van der Waals surface area contributed by atoms with E-state index in [1.54, 1.807) is 0 Å². The number of hydrogen-bond donors (Lipinski definition) is 0. The first kappa shape index (κ1) is 15.3. The molecule has 6 nitrogen and oxygen atoms in total. The molecule has 0 bridgehead atoms. The molecule has 0 N–H and O–H groups in total. The Labute approximate surface area is 92.4 Å². The molecule has 9 heteroatoms. The Morgan fingerprint density at radius 2 is 1.27 bits per heavy atom. The minimum atomic E-state index is -2.73. The van der Waals surface area contributed by atoms with Crippen LogP contribution in [-0.4, -0.2) is 22.8 Å². The molecular formula is C6H16O6P2Si+2. The van der Waals surface area contributed by atoms with Gasteiger partial charge in [0.15, 0.2) is 0 Å². The lowest BCUT2D eigenvalue weighted by molar-refractivity contribution is 0.288. The predicted octanol–water partition coefficient (Wildman–Crippen LogP) is 3.11. The summed E-state index contributed by atoms with van der Waals surface area (Å²) in [6, 6.07) is 1.05. The Morgan fingerprint density at radius 1 is 0.933 bits per heavy atom. The quantitative estimate of drug-likeness (QED) is 0.500. The normalized spacial score (nSPS) is 13.9. The van der Waals surface area contributed by atoms with Gasteiger partial charge >= 0.3 is 25.1 Å². The third-order valence-corrected chi connectivity index (χ3v) is 8.46. The Morgan fingerprint density at radius 3 is 1.47 bits per heavy atom. The minimum Gasteiger partial charge on any atom is -0.135 e. The van der Waals surface area contributed by atoms with E-state index in [0.29, 0.717) is 12.1 Å². The van der Waals surface area contributed by atoms with Crippen LogP contribution in [0.1, 0.15) is 13.8 Å². The van der Waals surface area contributed by atoms with Gasteiger partial charge in [0.2, 0.25) is 0 Å². The number of hydrogen-bond acceptors (Lipinski definition) is 6. The van der Waals surface area contributed by atoms with Crippen molar-refractivity contribution >= 4 is 25.1 Å². The largest absolute Gasteiger partial charge is 0.688 e. The van der Waals surface area contributed by atoms with Gasteiger partial charge in [-0.05, 0) is 12.1 Å². The summed E-state index contributed by atoms with van der Waals surface area (Å²) >= 11 is 0. The second kappa shape index (κ2) is 7.52. The monoisotopic (exact) mass is 274 g/mol. The summed E-state index contributed by atoms with van der Waals surface area (Å²) in [5, 5.41) is 0. The highest BCUT2D eigenvalue weighted by Gasteiger charge is 2.52. The molecule has 0 aromatic carbocycles. The predicted molar refractivity (Wildman–Crippen MR) is 58.1 cm³/mol. The molecular weight excluding hydrogens is 258 g/mol. The maximum Gasteiger partial charge on any atom is 0.688 e. The van der Waals surface area contributed by atoms with E-state index in [1.165, 1.54) is 14.2 Å². The van der Waals surface area contributed by atoms with E-state index in [2.05, 4.69) is 9.05 Å². The van der Waals surface area contributed by atoms with E-state index in [-0.39, 0.29) is 0 Å². The fourth-order valence-corrected chi connectivity index (χ4v) is 6.64. The van der Waals surface area contributed by atoms with Crippen molar-refractivity contribution in [2.75, 3.05) is 14.2 Å². The van der Waals surface area contributed by atoms with Crippen LogP contribution in [0.15, 0.2) is 0 Å². The third kappa shape index (κ3) is 5.22. The van der Waals surface area contributed by atoms with Crippen molar-refractivity contribution < 1.29 is 26.6 Å². The molecule has 0 aliphatic heterocycles. The van der Waals surface area contributed by atoms with Gasteiger partial charge in [-0.3, -0.25) is 0 Å². The molecule has 0 rings (SSSR count). The Hall–Kier alpha value is 0.257. The molecule has 0 aromatic heterocycles. The molecule has 0 radical (unpaired) electrons. The second-order valence-corrected chi connectivity index (χ2v) is 8.93. The van der Waals surface area contributed by atoms with Crippen LogP contribution in [-0.2, 0) is 26.6 Å². The molecule has 0 aliphatic carbocycles. The molecule has 2 unspecified atom stereocenters. The Kier molecular flexibility index (Phi) is 7.65. The zero-order chi connectivity index (χ0) is 11.9. The average molecular weight is 274 g/mol. The summed E-state index contributed by atoms with van der Waals surface area (Å²) in [6.07, 6.45) is 0. The molecule has 0 spiro atoms. The van der Waals surface area contributed by atoms with Gasteiger partial charge in [-0.2, -0.15) is 0 Å². The lowest BCUT2D eigenvalue weighted by Crippen LogP contribution is -2.36. The number of rotatable bonds is 8. The summed E-state index contributed by atoms with van der Waals surface area (Å²) in [5.41, 5.74) is 0. The Bertz CT molecular complexity index is 212. The fourth-order valence-electron chi connectivity index (χ4n) is 0.871. The molecule has 0 saturated heterocycles. The summed E-state index contributed by atoms with van der Waals surface area (Å²) in [7, 11) is -4.60. The van der Waals surface area contributed by atoms with Gasteiger partial charge in [-0.15, -0.1) is 17.5 Å². The minimum absolute atomic E-state index is 0.526. The Balaban J connectivity index is 4.56. The van der Waals surface area contributed by atoms with E-state index in [1.807, 2.05) is 13.8 Å². The topological polar surface area (TPSA) is 71.1 Å². The van der Waals surface area contributed by atoms with Gasteiger partial charge < -0.3 is 0 Å². The maximum absolute atomic E-state index is 11.1. The highest BCUT2D eigenvalue weighted by molar-refractivity contribution is 7.38. The summed E-state index contributed by atoms with van der Waals surface area (Å²) in [4.78, 5) is 0. The van der Waals surface area contributed by atoms with Crippen molar-refractivity contribution in [3.05, 3.63) is 0 Å². The molecule has 88 valence electrons. The van der Waals surface area contributed by atoms with Gasteiger partial charge in [0.05, 0.1) is 14.2 Å². The van der Waals surface area contributed by atoms with Crippen molar-refractivity contribution in [1.29, 1.82) is 0 Å². The molecule has 15 heavy (non-hydrogen) atoms. The average Bonchev–Trinajstić information content (AvgIpc) is 2.27. The molecule has 2 atom stereocenters. The maximum atomic E-state index is 11.1. The highest BCUT2D eigenvalue weighted by atomic mass is 31.1. The van der Waals surface area contributed by atoms with Crippen LogP contribution in [0.25, 0.3) is 0 Å².